The number of rotatable bonds is 4. The summed E-state index contributed by atoms with van der Waals surface area (Å²) in [4.78, 5) is 12.5. The zero-order valence-electron chi connectivity index (χ0n) is 13.5. The Morgan fingerprint density at radius 1 is 0.955 bits per heavy atom. The molecule has 1 aromatic heterocycles. The van der Waals surface area contributed by atoms with E-state index in [9.17, 15) is 0 Å². The van der Waals surface area contributed by atoms with Crippen molar-refractivity contribution < 1.29 is 0 Å². The fourth-order valence-electron chi connectivity index (χ4n) is 4.30. The van der Waals surface area contributed by atoms with E-state index in [0.717, 1.165) is 23.5 Å². The van der Waals surface area contributed by atoms with Gasteiger partial charge in [-0.25, -0.2) is 9.97 Å². The maximum atomic E-state index is 5.02. The Labute approximate surface area is 132 Å². The van der Waals surface area contributed by atoms with E-state index in [1.807, 2.05) is 0 Å². The minimum atomic E-state index is 0.626. The molecule has 0 radical (unpaired) electrons. The molecule has 118 valence electrons. The molecule has 4 heteroatoms. The molecule has 3 saturated carbocycles. The van der Waals surface area contributed by atoms with Crippen LogP contribution in [0.2, 0.25) is 0 Å². The van der Waals surface area contributed by atoms with Crippen molar-refractivity contribution in [3.8, 4) is 0 Å². The molecule has 1 aliphatic heterocycles. The highest BCUT2D eigenvalue weighted by Gasteiger charge is 2.36. The third kappa shape index (κ3) is 2.37. The highest BCUT2D eigenvalue weighted by molar-refractivity contribution is 5.60. The highest BCUT2D eigenvalue weighted by atomic mass is 15.2. The summed E-state index contributed by atoms with van der Waals surface area (Å²) in [6.07, 6.45) is 9.44. The Balaban J connectivity index is 1.50. The van der Waals surface area contributed by atoms with Crippen LogP contribution in [0.1, 0.15) is 62.3 Å². The monoisotopic (exact) mass is 298 g/mol. The molecule has 4 aliphatic rings. The second kappa shape index (κ2) is 4.84. The van der Waals surface area contributed by atoms with E-state index in [2.05, 4.69) is 17.1 Å². The lowest BCUT2D eigenvalue weighted by Crippen LogP contribution is -2.37. The van der Waals surface area contributed by atoms with Crippen LogP contribution in [0.25, 0.3) is 0 Å². The van der Waals surface area contributed by atoms with Crippen molar-refractivity contribution in [1.82, 2.24) is 9.97 Å². The summed E-state index contributed by atoms with van der Waals surface area (Å²) in [6.45, 7) is 4.63. The van der Waals surface area contributed by atoms with Gasteiger partial charge in [0.15, 0.2) is 0 Å². The number of nitrogens with zero attached hydrogens (tertiary/aromatic N) is 3. The average Bonchev–Trinajstić information content (AvgIpc) is 3.41. The molecule has 1 aromatic rings. The van der Waals surface area contributed by atoms with E-state index in [0.29, 0.717) is 12.0 Å². The van der Waals surface area contributed by atoms with Crippen molar-refractivity contribution in [2.75, 3.05) is 23.3 Å². The van der Waals surface area contributed by atoms with Gasteiger partial charge in [0.05, 0.1) is 0 Å². The van der Waals surface area contributed by atoms with Gasteiger partial charge in [-0.1, -0.05) is 0 Å². The summed E-state index contributed by atoms with van der Waals surface area (Å²) >= 11 is 0. The lowest BCUT2D eigenvalue weighted by Gasteiger charge is -2.34. The highest BCUT2D eigenvalue weighted by Crippen LogP contribution is 2.43. The van der Waals surface area contributed by atoms with Crippen LogP contribution in [0.5, 0.6) is 0 Å². The van der Waals surface area contributed by atoms with Gasteiger partial charge in [0, 0.05) is 30.6 Å². The van der Waals surface area contributed by atoms with Gasteiger partial charge in [-0.3, -0.25) is 0 Å². The van der Waals surface area contributed by atoms with Gasteiger partial charge in [0.25, 0.3) is 0 Å². The first-order valence-corrected chi connectivity index (χ1v) is 9.16. The molecule has 4 nitrogen and oxygen atoms in total. The number of fused-ring (bicyclic) bond motifs is 2. The van der Waals surface area contributed by atoms with Crippen molar-refractivity contribution >= 4 is 11.6 Å². The van der Waals surface area contributed by atoms with Gasteiger partial charge in [0.2, 0.25) is 0 Å². The maximum absolute atomic E-state index is 5.02. The summed E-state index contributed by atoms with van der Waals surface area (Å²) in [5.41, 5.74) is 1.28. The quantitative estimate of drug-likeness (QED) is 0.924. The van der Waals surface area contributed by atoms with Crippen LogP contribution in [0.3, 0.4) is 0 Å². The standard InChI is InChI=1S/C18H26N4/c1-11-16(19-15-6-7-15)20-17(14-4-5-14)21-18(11)22-9-12-2-3-13(8-12)10-22/h12-15H,2-10H2,1H3,(H,19,20,21). The first kappa shape index (κ1) is 13.1. The number of piperidine rings is 1. The normalized spacial score (nSPS) is 30.7. The molecule has 5 rings (SSSR count). The number of anilines is 2. The van der Waals surface area contributed by atoms with Crippen LogP contribution in [0, 0.1) is 18.8 Å². The van der Waals surface area contributed by atoms with Crippen LogP contribution >= 0.6 is 0 Å². The summed E-state index contributed by atoms with van der Waals surface area (Å²) in [7, 11) is 0. The Morgan fingerprint density at radius 3 is 2.32 bits per heavy atom. The second-order valence-corrected chi connectivity index (χ2v) is 8.02. The molecule has 2 bridgehead atoms. The second-order valence-electron chi connectivity index (χ2n) is 8.02. The third-order valence-corrected chi connectivity index (χ3v) is 5.90. The molecule has 22 heavy (non-hydrogen) atoms. The van der Waals surface area contributed by atoms with Crippen molar-refractivity contribution in [1.29, 1.82) is 0 Å². The van der Waals surface area contributed by atoms with E-state index >= 15 is 0 Å². The fraction of sp³-hybridized carbons (Fsp3) is 0.778. The lowest BCUT2D eigenvalue weighted by molar-refractivity contribution is 0.418. The predicted molar refractivity (Wildman–Crippen MR) is 88.4 cm³/mol. The summed E-state index contributed by atoms with van der Waals surface area (Å²) in [5.74, 6) is 5.88. The van der Waals surface area contributed by atoms with Crippen LogP contribution in [-0.4, -0.2) is 29.1 Å². The molecule has 4 fully saturated rings. The van der Waals surface area contributed by atoms with Gasteiger partial charge in [-0.05, 0) is 63.7 Å². The zero-order valence-corrected chi connectivity index (χ0v) is 13.5. The summed E-state index contributed by atoms with van der Waals surface area (Å²) < 4.78 is 0. The molecule has 0 amide bonds. The first-order chi connectivity index (χ1) is 10.8. The van der Waals surface area contributed by atoms with Crippen molar-refractivity contribution in [3.63, 3.8) is 0 Å². The van der Waals surface area contributed by atoms with Gasteiger partial charge < -0.3 is 10.2 Å². The minimum Gasteiger partial charge on any atom is -0.367 e. The summed E-state index contributed by atoms with van der Waals surface area (Å²) in [5, 5.41) is 3.65. The topological polar surface area (TPSA) is 41.1 Å². The van der Waals surface area contributed by atoms with Gasteiger partial charge in [-0.15, -0.1) is 0 Å². The van der Waals surface area contributed by atoms with E-state index in [-0.39, 0.29) is 0 Å². The Bertz CT molecular complexity index is 579. The molecule has 1 N–H and O–H groups in total. The van der Waals surface area contributed by atoms with Gasteiger partial charge >= 0.3 is 0 Å². The Hall–Kier alpha value is -1.32. The third-order valence-electron chi connectivity index (χ3n) is 5.90. The zero-order chi connectivity index (χ0) is 14.7. The molecular formula is C18H26N4. The number of hydrogen-bond acceptors (Lipinski definition) is 4. The fourth-order valence-corrected chi connectivity index (χ4v) is 4.30. The van der Waals surface area contributed by atoms with Crippen LogP contribution in [0.4, 0.5) is 11.6 Å². The smallest absolute Gasteiger partial charge is 0.137 e. The van der Waals surface area contributed by atoms with E-state index in [1.165, 1.54) is 69.4 Å². The number of aromatic nitrogens is 2. The minimum absolute atomic E-state index is 0.626. The lowest BCUT2D eigenvalue weighted by atomic mass is 9.98. The van der Waals surface area contributed by atoms with Crippen molar-refractivity contribution in [3.05, 3.63) is 11.4 Å². The van der Waals surface area contributed by atoms with Crippen LogP contribution in [-0.2, 0) is 0 Å². The molecule has 0 spiro atoms. The number of hydrogen-bond donors (Lipinski definition) is 1. The van der Waals surface area contributed by atoms with E-state index in [4.69, 9.17) is 9.97 Å². The Kier molecular flexibility index (Phi) is 2.89. The Morgan fingerprint density at radius 2 is 1.68 bits per heavy atom. The van der Waals surface area contributed by atoms with Gasteiger partial charge in [-0.2, -0.15) is 0 Å². The molecule has 0 aromatic carbocycles. The first-order valence-electron chi connectivity index (χ1n) is 9.16. The maximum Gasteiger partial charge on any atom is 0.137 e. The van der Waals surface area contributed by atoms with Crippen molar-refractivity contribution in [2.24, 2.45) is 11.8 Å². The summed E-state index contributed by atoms with van der Waals surface area (Å²) in [6, 6.07) is 0.658. The molecule has 2 heterocycles. The van der Waals surface area contributed by atoms with E-state index < -0.39 is 0 Å². The molecule has 1 saturated heterocycles. The van der Waals surface area contributed by atoms with E-state index in [1.54, 1.807) is 0 Å². The largest absolute Gasteiger partial charge is 0.367 e. The van der Waals surface area contributed by atoms with Gasteiger partial charge in [0.1, 0.15) is 17.5 Å². The number of nitrogens with one attached hydrogen (secondary N) is 1. The predicted octanol–water partition coefficient (Wildman–Crippen LogP) is 3.47. The molecular weight excluding hydrogens is 272 g/mol. The average molecular weight is 298 g/mol. The van der Waals surface area contributed by atoms with Crippen molar-refractivity contribution in [2.45, 2.75) is 63.8 Å². The molecule has 2 unspecified atom stereocenters. The SMILES string of the molecule is Cc1c(NC2CC2)nc(C2CC2)nc1N1CC2CCC(C2)C1. The van der Waals surface area contributed by atoms with Crippen LogP contribution < -0.4 is 10.2 Å². The molecule has 2 atom stereocenters. The molecule has 3 aliphatic carbocycles. The van der Waals surface area contributed by atoms with Crippen LogP contribution in [0.15, 0.2) is 0 Å².